The van der Waals surface area contributed by atoms with Gasteiger partial charge >= 0.3 is 0 Å². The predicted molar refractivity (Wildman–Crippen MR) is 95.8 cm³/mol. The molecule has 0 saturated carbocycles. The molecule has 0 aliphatic rings. The van der Waals surface area contributed by atoms with E-state index in [1.165, 1.54) is 36.6 Å². The molecule has 27 heavy (non-hydrogen) atoms. The molecule has 0 saturated heterocycles. The SMILES string of the molecule is O=C(Nc1cc([N+](=O)[O-])ccc1O)c1ccc(NC(=O)c2ccco2)cc1. The molecule has 2 amide bonds. The van der Waals surface area contributed by atoms with E-state index in [1.54, 1.807) is 6.07 Å². The minimum absolute atomic E-state index is 0.0793. The lowest BCUT2D eigenvalue weighted by Gasteiger charge is -2.08. The van der Waals surface area contributed by atoms with Gasteiger partial charge in [-0.15, -0.1) is 0 Å². The van der Waals surface area contributed by atoms with Crippen LogP contribution in [0.4, 0.5) is 17.1 Å². The maximum Gasteiger partial charge on any atom is 0.291 e. The first-order chi connectivity index (χ1) is 12.9. The van der Waals surface area contributed by atoms with Crippen molar-refractivity contribution in [1.82, 2.24) is 0 Å². The van der Waals surface area contributed by atoms with Crippen LogP contribution in [0.25, 0.3) is 0 Å². The Morgan fingerprint density at radius 3 is 2.37 bits per heavy atom. The van der Waals surface area contributed by atoms with E-state index in [2.05, 4.69) is 10.6 Å². The summed E-state index contributed by atoms with van der Waals surface area (Å²) in [4.78, 5) is 34.3. The second-order valence-corrected chi connectivity index (χ2v) is 5.42. The zero-order valence-electron chi connectivity index (χ0n) is 13.7. The van der Waals surface area contributed by atoms with Crippen molar-refractivity contribution in [3.8, 4) is 5.75 Å². The Labute approximate surface area is 152 Å². The van der Waals surface area contributed by atoms with Gasteiger partial charge < -0.3 is 20.2 Å². The Hall–Kier alpha value is -4.14. The van der Waals surface area contributed by atoms with E-state index < -0.39 is 16.7 Å². The van der Waals surface area contributed by atoms with Gasteiger partial charge in [-0.3, -0.25) is 19.7 Å². The van der Waals surface area contributed by atoms with Gasteiger partial charge in [0.1, 0.15) is 5.75 Å². The number of furan rings is 1. The Balaban J connectivity index is 1.70. The molecule has 2 aromatic carbocycles. The normalized spacial score (nSPS) is 10.2. The van der Waals surface area contributed by atoms with Crippen molar-refractivity contribution < 1.29 is 24.0 Å². The minimum atomic E-state index is -0.633. The highest BCUT2D eigenvalue weighted by Gasteiger charge is 2.14. The molecule has 3 N–H and O–H groups in total. The number of hydrogen-bond donors (Lipinski definition) is 3. The van der Waals surface area contributed by atoms with E-state index in [0.29, 0.717) is 5.69 Å². The van der Waals surface area contributed by atoms with Crippen molar-refractivity contribution in [1.29, 1.82) is 0 Å². The molecule has 136 valence electrons. The molecule has 0 spiro atoms. The van der Waals surface area contributed by atoms with Gasteiger partial charge in [-0.25, -0.2) is 0 Å². The van der Waals surface area contributed by atoms with Crippen LogP contribution < -0.4 is 10.6 Å². The molecule has 3 aromatic rings. The van der Waals surface area contributed by atoms with Gasteiger partial charge in [-0.05, 0) is 42.5 Å². The lowest BCUT2D eigenvalue weighted by atomic mass is 10.1. The molecule has 0 fully saturated rings. The van der Waals surface area contributed by atoms with Gasteiger partial charge in [0.15, 0.2) is 5.76 Å². The molecule has 0 unspecified atom stereocenters. The van der Waals surface area contributed by atoms with Gasteiger partial charge in [-0.2, -0.15) is 0 Å². The van der Waals surface area contributed by atoms with Crippen LogP contribution in [0.3, 0.4) is 0 Å². The smallest absolute Gasteiger partial charge is 0.291 e. The summed E-state index contributed by atoms with van der Waals surface area (Å²) in [5.41, 5.74) is 0.339. The van der Waals surface area contributed by atoms with Crippen LogP contribution in [0.5, 0.6) is 5.75 Å². The van der Waals surface area contributed by atoms with Crippen molar-refractivity contribution in [3.05, 3.63) is 82.3 Å². The first-order valence-electron chi connectivity index (χ1n) is 7.68. The number of aromatic hydroxyl groups is 1. The first-order valence-corrected chi connectivity index (χ1v) is 7.68. The van der Waals surface area contributed by atoms with E-state index >= 15 is 0 Å². The fourth-order valence-electron chi connectivity index (χ4n) is 2.24. The molecule has 9 heteroatoms. The number of anilines is 2. The summed E-state index contributed by atoms with van der Waals surface area (Å²) < 4.78 is 4.99. The molecule has 9 nitrogen and oxygen atoms in total. The van der Waals surface area contributed by atoms with Crippen LogP contribution in [0, 0.1) is 10.1 Å². The monoisotopic (exact) mass is 367 g/mol. The summed E-state index contributed by atoms with van der Waals surface area (Å²) in [6.45, 7) is 0. The molecule has 1 heterocycles. The quantitative estimate of drug-likeness (QED) is 0.359. The summed E-state index contributed by atoms with van der Waals surface area (Å²) in [6, 6.07) is 12.4. The van der Waals surface area contributed by atoms with Crippen molar-refractivity contribution in [2.45, 2.75) is 0 Å². The molecule has 0 radical (unpaired) electrons. The number of benzene rings is 2. The highest BCUT2D eigenvalue weighted by atomic mass is 16.6. The summed E-state index contributed by atoms with van der Waals surface area (Å²) in [7, 11) is 0. The molecule has 3 rings (SSSR count). The molecule has 0 aliphatic heterocycles. The third-order valence-electron chi connectivity index (χ3n) is 3.59. The summed E-state index contributed by atoms with van der Waals surface area (Å²) in [5, 5.41) is 25.6. The second-order valence-electron chi connectivity index (χ2n) is 5.42. The number of phenolic OH excluding ortho intramolecular Hbond substituents is 1. The average molecular weight is 367 g/mol. The number of nitrogens with one attached hydrogen (secondary N) is 2. The van der Waals surface area contributed by atoms with Crippen LogP contribution in [-0.2, 0) is 0 Å². The van der Waals surface area contributed by atoms with Crippen LogP contribution in [0.1, 0.15) is 20.9 Å². The maximum absolute atomic E-state index is 12.3. The fourth-order valence-corrected chi connectivity index (χ4v) is 2.24. The second kappa shape index (κ2) is 7.40. The van der Waals surface area contributed by atoms with E-state index in [-0.39, 0.29) is 28.4 Å². The van der Waals surface area contributed by atoms with Crippen LogP contribution in [0.2, 0.25) is 0 Å². The summed E-state index contributed by atoms with van der Waals surface area (Å²) >= 11 is 0. The van der Waals surface area contributed by atoms with Crippen molar-refractivity contribution in [2.75, 3.05) is 10.6 Å². The number of carbonyl (C=O) groups is 2. The Morgan fingerprint density at radius 1 is 1.00 bits per heavy atom. The van der Waals surface area contributed by atoms with E-state index in [9.17, 15) is 24.8 Å². The number of amides is 2. The van der Waals surface area contributed by atoms with Crippen molar-refractivity contribution >= 4 is 28.9 Å². The number of carbonyl (C=O) groups excluding carboxylic acids is 2. The lowest BCUT2D eigenvalue weighted by molar-refractivity contribution is -0.384. The zero-order chi connectivity index (χ0) is 19.4. The summed E-state index contributed by atoms with van der Waals surface area (Å²) in [5.74, 6) is -1.15. The first kappa shape index (κ1) is 17.7. The Kier molecular flexibility index (Phi) is 4.84. The average Bonchev–Trinajstić information content (AvgIpc) is 3.18. The fraction of sp³-hybridized carbons (Fsp3) is 0. The molecule has 0 bridgehead atoms. The Morgan fingerprint density at radius 2 is 1.74 bits per heavy atom. The van der Waals surface area contributed by atoms with Crippen LogP contribution in [0.15, 0.2) is 65.3 Å². The highest BCUT2D eigenvalue weighted by molar-refractivity contribution is 6.06. The maximum atomic E-state index is 12.3. The number of nitro benzene ring substituents is 1. The molecular formula is C18H13N3O6. The largest absolute Gasteiger partial charge is 0.506 e. The lowest BCUT2D eigenvalue weighted by Crippen LogP contribution is -2.13. The summed E-state index contributed by atoms with van der Waals surface area (Å²) in [6.07, 6.45) is 1.38. The van der Waals surface area contributed by atoms with E-state index in [0.717, 1.165) is 18.2 Å². The minimum Gasteiger partial charge on any atom is -0.506 e. The van der Waals surface area contributed by atoms with Gasteiger partial charge in [0.05, 0.1) is 16.9 Å². The van der Waals surface area contributed by atoms with Gasteiger partial charge in [0, 0.05) is 23.4 Å². The van der Waals surface area contributed by atoms with E-state index in [4.69, 9.17) is 4.42 Å². The van der Waals surface area contributed by atoms with Crippen molar-refractivity contribution in [3.63, 3.8) is 0 Å². The van der Waals surface area contributed by atoms with Crippen LogP contribution >= 0.6 is 0 Å². The van der Waals surface area contributed by atoms with Crippen molar-refractivity contribution in [2.24, 2.45) is 0 Å². The standard InChI is InChI=1S/C18H13N3O6/c22-15-8-7-13(21(25)26)10-14(15)20-17(23)11-3-5-12(6-4-11)19-18(24)16-2-1-9-27-16/h1-10,22H,(H,19,24)(H,20,23). The van der Waals surface area contributed by atoms with Crippen LogP contribution in [-0.4, -0.2) is 21.8 Å². The molecule has 0 aliphatic carbocycles. The third-order valence-corrected chi connectivity index (χ3v) is 3.59. The zero-order valence-corrected chi connectivity index (χ0v) is 13.7. The molecule has 1 aromatic heterocycles. The van der Waals surface area contributed by atoms with Gasteiger partial charge in [0.2, 0.25) is 0 Å². The molecule has 0 atom stereocenters. The van der Waals surface area contributed by atoms with Gasteiger partial charge in [0.25, 0.3) is 17.5 Å². The topological polar surface area (TPSA) is 135 Å². The number of rotatable bonds is 5. The van der Waals surface area contributed by atoms with E-state index in [1.807, 2.05) is 0 Å². The highest BCUT2D eigenvalue weighted by Crippen LogP contribution is 2.28. The Bertz CT molecular complexity index is 996. The number of hydrogen-bond acceptors (Lipinski definition) is 6. The third kappa shape index (κ3) is 4.10. The number of non-ortho nitro benzene ring substituents is 1. The van der Waals surface area contributed by atoms with Gasteiger partial charge in [-0.1, -0.05) is 0 Å². The number of nitro groups is 1. The molecular weight excluding hydrogens is 354 g/mol. The number of phenols is 1. The predicted octanol–water partition coefficient (Wildman–Crippen LogP) is 3.40. The number of nitrogens with zero attached hydrogens (tertiary/aromatic N) is 1.